The van der Waals surface area contributed by atoms with Gasteiger partial charge in [0.1, 0.15) is 11.2 Å². The Hall–Kier alpha value is -3.13. The summed E-state index contributed by atoms with van der Waals surface area (Å²) in [5.41, 5.74) is -0.634. The minimum absolute atomic E-state index is 0.0439. The van der Waals surface area contributed by atoms with Crippen molar-refractivity contribution in [3.8, 4) is 11.3 Å². The molecule has 0 fully saturated rings. The van der Waals surface area contributed by atoms with Gasteiger partial charge in [0, 0.05) is 27.9 Å². The maximum Gasteiger partial charge on any atom is 0.144 e. The second-order valence-corrected chi connectivity index (χ2v) is 4.78. The van der Waals surface area contributed by atoms with E-state index in [9.17, 15) is 0 Å². The van der Waals surface area contributed by atoms with Crippen LogP contribution >= 0.6 is 0 Å². The number of furan rings is 1. The molecule has 0 spiro atoms. The van der Waals surface area contributed by atoms with Crippen LogP contribution in [0.25, 0.3) is 44.0 Å². The molecule has 0 aliphatic carbocycles. The van der Waals surface area contributed by atoms with Crippen LogP contribution in [0.15, 0.2) is 83.1 Å². The highest BCUT2D eigenvalue weighted by molar-refractivity contribution is 6.11. The third-order valence-corrected chi connectivity index (χ3v) is 3.52. The van der Waals surface area contributed by atoms with E-state index >= 15 is 0 Å². The molecule has 0 saturated heterocycles. The smallest absolute Gasteiger partial charge is 0.144 e. The molecule has 5 rings (SSSR count). The van der Waals surface area contributed by atoms with Crippen LogP contribution in [0.4, 0.5) is 0 Å². The molecular weight excluding hydrogens is 282 g/mol. The molecule has 0 aliphatic heterocycles. The first-order chi connectivity index (χ1) is 16.4. The predicted octanol–water partition coefficient (Wildman–Crippen LogP) is 5.80. The Morgan fingerprint density at radius 3 is 2.52 bits per heavy atom. The second-order valence-electron chi connectivity index (χ2n) is 4.78. The highest BCUT2D eigenvalue weighted by atomic mass is 16.3. The Kier molecular flexibility index (Phi) is 1.12. The molecule has 0 saturated carbocycles. The number of aromatic nitrogens is 1. The van der Waals surface area contributed by atoms with Gasteiger partial charge in [0.25, 0.3) is 0 Å². The van der Waals surface area contributed by atoms with Gasteiger partial charge in [-0.3, -0.25) is 4.98 Å². The highest BCUT2D eigenvalue weighted by Crippen LogP contribution is 2.37. The van der Waals surface area contributed by atoms with E-state index < -0.39 is 60.6 Å². The molecule has 5 aromatic rings. The van der Waals surface area contributed by atoms with Crippen LogP contribution in [0.1, 0.15) is 16.4 Å². The summed E-state index contributed by atoms with van der Waals surface area (Å²) >= 11 is 0. The van der Waals surface area contributed by atoms with Gasteiger partial charge in [-0.2, -0.15) is 0 Å². The van der Waals surface area contributed by atoms with E-state index in [0.29, 0.717) is 0 Å². The van der Waals surface area contributed by atoms with Gasteiger partial charge in [-0.25, -0.2) is 0 Å². The molecule has 0 atom stereocenters. The largest absolute Gasteiger partial charge is 0.455 e. The lowest BCUT2D eigenvalue weighted by Crippen LogP contribution is -1.86. The lowest BCUT2D eigenvalue weighted by atomic mass is 10.0. The first-order valence-electron chi connectivity index (χ1n) is 12.7. The molecule has 0 aliphatic rings. The van der Waals surface area contributed by atoms with Crippen molar-refractivity contribution < 1.29 is 20.9 Å². The molecule has 2 nitrogen and oxygen atoms in total. The number of para-hydroxylation sites is 2. The van der Waals surface area contributed by atoms with Crippen molar-refractivity contribution in [1.82, 2.24) is 4.98 Å². The number of hydrogen-bond acceptors (Lipinski definition) is 2. The first-order valence-corrected chi connectivity index (χ1v) is 6.68. The van der Waals surface area contributed by atoms with Crippen LogP contribution in [0.3, 0.4) is 0 Å². The summed E-state index contributed by atoms with van der Waals surface area (Å²) in [5.74, 6) is 0. The third kappa shape index (κ3) is 1.78. The number of pyridine rings is 1. The van der Waals surface area contributed by atoms with Gasteiger partial charge >= 0.3 is 0 Å². The molecule has 0 unspecified atom stereocenters. The molecule has 2 heteroatoms. The fourth-order valence-corrected chi connectivity index (χ4v) is 2.53. The van der Waals surface area contributed by atoms with Gasteiger partial charge < -0.3 is 4.42 Å². The maximum atomic E-state index is 8.42. The second kappa shape index (κ2) is 4.68. The van der Waals surface area contributed by atoms with E-state index in [1.54, 1.807) is 0 Å². The minimum Gasteiger partial charge on any atom is -0.455 e. The van der Waals surface area contributed by atoms with Gasteiger partial charge in [0.2, 0.25) is 0 Å². The zero-order valence-corrected chi connectivity index (χ0v) is 11.4. The SMILES string of the molecule is [2H]c1cc(-c2nc([2H])c([2H])c3c([2H])c([2H])c([2H])c([2H])c23)c2oc3c([2H])c([2H])c([2H])c([2H])c3c2c1[2H]. The zero-order chi connectivity index (χ0) is 25.7. The van der Waals surface area contributed by atoms with Crippen molar-refractivity contribution in [2.45, 2.75) is 0 Å². The summed E-state index contributed by atoms with van der Waals surface area (Å²) in [5, 5.41) is -0.635. The van der Waals surface area contributed by atoms with Crippen molar-refractivity contribution in [3.63, 3.8) is 0 Å². The summed E-state index contributed by atoms with van der Waals surface area (Å²) in [6.45, 7) is 0. The van der Waals surface area contributed by atoms with Gasteiger partial charge in [-0.1, -0.05) is 54.4 Å². The molecule has 2 heterocycles. The molecule has 23 heavy (non-hydrogen) atoms. The van der Waals surface area contributed by atoms with Crippen LogP contribution in [0.5, 0.6) is 0 Å². The van der Waals surface area contributed by atoms with Gasteiger partial charge in [-0.15, -0.1) is 0 Å². The van der Waals surface area contributed by atoms with Crippen LogP contribution < -0.4 is 0 Å². The summed E-state index contributed by atoms with van der Waals surface area (Å²) in [7, 11) is 0. The van der Waals surface area contributed by atoms with E-state index in [1.807, 2.05) is 0 Å². The fourth-order valence-electron chi connectivity index (χ4n) is 2.53. The Morgan fingerprint density at radius 2 is 1.57 bits per heavy atom. The lowest BCUT2D eigenvalue weighted by molar-refractivity contribution is 0.670. The minimum atomic E-state index is -0.591. The lowest BCUT2D eigenvalue weighted by Gasteiger charge is -2.06. The molecule has 0 amide bonds. The van der Waals surface area contributed by atoms with Gasteiger partial charge in [-0.05, 0) is 23.5 Å². The number of fused-ring (bicyclic) bond motifs is 4. The molecule has 0 radical (unpaired) electrons. The van der Waals surface area contributed by atoms with Crippen molar-refractivity contribution in [2.24, 2.45) is 0 Å². The van der Waals surface area contributed by atoms with E-state index in [4.69, 9.17) is 20.9 Å². The molecule has 2 aromatic heterocycles. The first kappa shape index (κ1) is 5.50. The Morgan fingerprint density at radius 1 is 0.783 bits per heavy atom. The summed E-state index contributed by atoms with van der Waals surface area (Å²) in [6, 6.07) is -4.38. The van der Waals surface area contributed by atoms with Crippen LogP contribution in [0.2, 0.25) is 0 Å². The topological polar surface area (TPSA) is 26.0 Å². The number of rotatable bonds is 1. The van der Waals surface area contributed by atoms with E-state index in [0.717, 1.165) is 6.07 Å². The summed E-state index contributed by atoms with van der Waals surface area (Å²) in [6.07, 6.45) is -0.590. The summed E-state index contributed by atoms with van der Waals surface area (Å²) < 4.78 is 104. The Labute approximate surface area is 149 Å². The summed E-state index contributed by atoms with van der Waals surface area (Å²) in [4.78, 5) is 4.07. The zero-order valence-electron chi connectivity index (χ0n) is 23.4. The van der Waals surface area contributed by atoms with Crippen LogP contribution in [0, 0.1) is 0 Å². The predicted molar refractivity (Wildman–Crippen MR) is 94.5 cm³/mol. The van der Waals surface area contributed by atoms with Crippen LogP contribution in [-0.4, -0.2) is 4.98 Å². The molecule has 3 aromatic carbocycles. The third-order valence-electron chi connectivity index (χ3n) is 3.52. The van der Waals surface area contributed by atoms with Crippen molar-refractivity contribution in [1.29, 1.82) is 0 Å². The number of benzene rings is 3. The normalized spacial score (nSPS) is 18.8. The highest BCUT2D eigenvalue weighted by Gasteiger charge is 2.14. The molecule has 0 bridgehead atoms. The van der Waals surface area contributed by atoms with Crippen LogP contribution in [-0.2, 0) is 0 Å². The van der Waals surface area contributed by atoms with Crippen molar-refractivity contribution >= 4 is 32.7 Å². The molecule has 108 valence electrons. The van der Waals surface area contributed by atoms with Crippen molar-refractivity contribution in [3.05, 3.63) is 78.7 Å². The van der Waals surface area contributed by atoms with E-state index in [2.05, 4.69) is 4.98 Å². The van der Waals surface area contributed by atoms with E-state index in [-0.39, 0.29) is 56.1 Å². The fraction of sp³-hybridized carbons (Fsp3) is 0. The van der Waals surface area contributed by atoms with E-state index in [1.165, 1.54) is 0 Å². The quantitative estimate of drug-likeness (QED) is 0.391. The average molecular weight is 307 g/mol. The Bertz CT molecular complexity index is 1780. The molecule has 0 N–H and O–H groups in total. The number of hydrogen-bond donors (Lipinski definition) is 0. The average Bonchev–Trinajstić information content (AvgIpc) is 3.23. The number of nitrogens with zero attached hydrogens (tertiary/aromatic N) is 1. The standard InChI is InChI=1S/C21H13NO/c1-2-7-15-14(6-1)12-13-22-20(15)18-10-5-9-17-16-8-3-4-11-19(16)23-21(17)18/h1-13H/i1D,2D,3D,4D,5D,6D,7D,8D,9D,11D,12D,13D. The Balaban J connectivity index is 2.08. The van der Waals surface area contributed by atoms with Gasteiger partial charge in [0.05, 0.1) is 22.1 Å². The maximum absolute atomic E-state index is 8.42. The molecular formula is C21H13NO. The van der Waals surface area contributed by atoms with Crippen molar-refractivity contribution in [2.75, 3.05) is 0 Å². The monoisotopic (exact) mass is 307 g/mol. The van der Waals surface area contributed by atoms with Gasteiger partial charge in [0.15, 0.2) is 0 Å².